The summed E-state index contributed by atoms with van der Waals surface area (Å²) in [4.78, 5) is 11.6. The maximum Gasteiger partial charge on any atom is 0.0207 e. The Morgan fingerprint density at radius 1 is 0.247 bits per heavy atom. The third-order valence-corrected chi connectivity index (χ3v) is 19.2. The first-order valence-electron chi connectivity index (χ1n) is 38.8. The van der Waals surface area contributed by atoms with Gasteiger partial charge in [-0.3, -0.25) is 4.90 Å². The molecule has 81 heavy (non-hydrogen) atoms. The fourth-order valence-corrected chi connectivity index (χ4v) is 13.3. The van der Waals surface area contributed by atoms with Crippen LogP contribution in [0, 0.1) is 0 Å². The maximum atomic E-state index is 4.25. The monoisotopic (exact) mass is 1140 g/mol. The summed E-state index contributed by atoms with van der Waals surface area (Å²) in [6, 6.07) is 0.621. The van der Waals surface area contributed by atoms with Crippen LogP contribution in [0.25, 0.3) is 0 Å². The molecule has 0 aromatic heterocycles. The number of hydrogen-bond donors (Lipinski definition) is 1. The van der Waals surface area contributed by atoms with Crippen LogP contribution in [-0.2, 0) is 0 Å². The van der Waals surface area contributed by atoms with Gasteiger partial charge in [0.05, 0.1) is 0 Å². The van der Waals surface area contributed by atoms with Gasteiger partial charge in [0.25, 0.3) is 0 Å². The third kappa shape index (κ3) is 58.6. The van der Waals surface area contributed by atoms with Crippen LogP contribution in [0.2, 0.25) is 0 Å². The van der Waals surface area contributed by atoms with E-state index in [1.807, 2.05) is 0 Å². The number of hydrogen-bond acceptors (Lipinski definition) is 5. The van der Waals surface area contributed by atoms with Crippen molar-refractivity contribution in [3.63, 3.8) is 0 Å². The third-order valence-electron chi connectivity index (χ3n) is 19.2. The summed E-state index contributed by atoms with van der Waals surface area (Å²) in [6.45, 7) is 28.4. The van der Waals surface area contributed by atoms with Gasteiger partial charge in [0.2, 0.25) is 0 Å². The fraction of sp³-hybridized carbons (Fsp3) is 1.00. The molecule has 0 bridgehead atoms. The average molecular weight is 1140 g/mol. The van der Waals surface area contributed by atoms with Crippen molar-refractivity contribution in [2.24, 2.45) is 0 Å². The average Bonchev–Trinajstić information content (AvgIpc) is 3.48. The van der Waals surface area contributed by atoms with E-state index < -0.39 is 0 Å². The molecule has 1 N–H and O–H groups in total. The quantitative estimate of drug-likeness (QED) is 0.0612. The first-order chi connectivity index (χ1) is 40.2. The Morgan fingerprint density at radius 3 is 0.741 bits per heavy atom. The first kappa shape index (κ1) is 78.8. The Balaban J connectivity index is 2.79. The molecule has 1 heterocycles. The van der Waals surface area contributed by atoms with E-state index in [0.717, 1.165) is 0 Å². The largest absolute Gasteiger partial charge is 0.313 e. The Hall–Kier alpha value is -0.200. The second kappa shape index (κ2) is 67.3. The van der Waals surface area contributed by atoms with Gasteiger partial charge in [0.15, 0.2) is 0 Å². The topological polar surface area (TPSA) is 25.0 Å². The molecule has 486 valence electrons. The van der Waals surface area contributed by atoms with Crippen molar-refractivity contribution >= 4 is 0 Å². The highest BCUT2D eigenvalue weighted by atomic mass is 15.3. The molecule has 1 rings (SSSR count). The number of unbranched alkanes of at least 4 members (excludes halogenated alkanes) is 51. The van der Waals surface area contributed by atoms with Crippen LogP contribution in [0.15, 0.2) is 0 Å². The summed E-state index contributed by atoms with van der Waals surface area (Å²) in [5.74, 6) is 0. The predicted octanol–water partition coefficient (Wildman–Crippen LogP) is 23.5. The van der Waals surface area contributed by atoms with Crippen molar-refractivity contribution in [3.05, 3.63) is 0 Å². The summed E-state index contributed by atoms with van der Waals surface area (Å²) in [6.07, 6.45) is 82.0. The Bertz CT molecular complexity index is 1070. The van der Waals surface area contributed by atoms with Gasteiger partial charge >= 0.3 is 0 Å². The highest BCUT2D eigenvalue weighted by Gasteiger charge is 2.21. The highest BCUT2D eigenvalue weighted by Crippen LogP contribution is 2.18. The van der Waals surface area contributed by atoms with Crippen LogP contribution in [0.4, 0.5) is 0 Å². The predicted molar refractivity (Wildman–Crippen MR) is 369 cm³/mol. The first-order valence-corrected chi connectivity index (χ1v) is 38.8. The molecule has 5 heteroatoms. The Labute approximate surface area is 514 Å². The number of piperazine rings is 1. The van der Waals surface area contributed by atoms with E-state index in [9.17, 15) is 0 Å². The minimum Gasteiger partial charge on any atom is -0.313 e. The lowest BCUT2D eigenvalue weighted by Crippen LogP contribution is -2.50. The van der Waals surface area contributed by atoms with Gasteiger partial charge in [-0.25, -0.2) is 0 Å². The van der Waals surface area contributed by atoms with Gasteiger partial charge in [0.1, 0.15) is 0 Å². The molecule has 0 spiro atoms. The molecule has 0 amide bonds. The van der Waals surface area contributed by atoms with Gasteiger partial charge in [-0.2, -0.15) is 0 Å². The van der Waals surface area contributed by atoms with Gasteiger partial charge in [-0.15, -0.1) is 0 Å². The van der Waals surface area contributed by atoms with E-state index in [2.05, 4.69) is 59.5 Å². The summed E-state index contributed by atoms with van der Waals surface area (Å²) in [5.41, 5.74) is 0. The lowest BCUT2D eigenvalue weighted by atomic mass is 10.0. The van der Waals surface area contributed by atoms with Crippen molar-refractivity contribution in [2.75, 3.05) is 85.1 Å². The van der Waals surface area contributed by atoms with Crippen molar-refractivity contribution < 1.29 is 0 Å². The van der Waals surface area contributed by atoms with Gasteiger partial charge in [-0.1, -0.05) is 362 Å². The van der Waals surface area contributed by atoms with Gasteiger partial charge < -0.3 is 20.0 Å². The van der Waals surface area contributed by atoms with E-state index >= 15 is 0 Å². The van der Waals surface area contributed by atoms with Crippen LogP contribution < -0.4 is 5.32 Å². The van der Waals surface area contributed by atoms with Crippen molar-refractivity contribution in [2.45, 2.75) is 407 Å². The normalized spacial score (nSPS) is 14.0. The molecule has 0 aliphatic carbocycles. The van der Waals surface area contributed by atoms with Crippen molar-refractivity contribution in [1.29, 1.82) is 0 Å². The molecule has 0 aromatic carbocycles. The zero-order valence-electron chi connectivity index (χ0n) is 57.4. The molecule has 0 radical (unpaired) electrons. The summed E-state index contributed by atoms with van der Waals surface area (Å²) >= 11 is 0. The molecular weight excluding hydrogens is 983 g/mol. The number of nitrogens with one attached hydrogen (secondary N) is 1. The molecule has 1 saturated heterocycles. The van der Waals surface area contributed by atoms with Gasteiger partial charge in [0, 0.05) is 51.9 Å². The van der Waals surface area contributed by atoms with Crippen molar-refractivity contribution in [3.8, 4) is 0 Å². The molecule has 1 fully saturated rings. The van der Waals surface area contributed by atoms with E-state index in [0.29, 0.717) is 6.04 Å². The van der Waals surface area contributed by atoms with E-state index in [4.69, 9.17) is 0 Å². The molecule has 0 saturated carbocycles. The SMILES string of the molecule is CCCCCCCCCCCCCCNC(CCN1CCN(CCN(CCCCCCCCCCCC)CCCCCCCCCCCC)CC1)CN(CCCCCCCCCCCCCC)CCCCCCCCCCCCCC. The molecule has 1 atom stereocenters. The van der Waals surface area contributed by atoms with Crippen molar-refractivity contribution in [1.82, 2.24) is 24.9 Å². The fourth-order valence-electron chi connectivity index (χ4n) is 13.3. The van der Waals surface area contributed by atoms with Gasteiger partial charge in [-0.05, 0) is 77.8 Å². The smallest absolute Gasteiger partial charge is 0.0207 e. The Morgan fingerprint density at radius 2 is 0.469 bits per heavy atom. The molecular formula is C76H157N5. The zero-order valence-corrected chi connectivity index (χ0v) is 57.4. The van der Waals surface area contributed by atoms with Crippen LogP contribution in [0.5, 0.6) is 0 Å². The van der Waals surface area contributed by atoms with Crippen LogP contribution in [-0.4, -0.2) is 111 Å². The van der Waals surface area contributed by atoms with E-state index in [-0.39, 0.29) is 0 Å². The number of nitrogens with zero attached hydrogens (tertiary/aromatic N) is 4. The Kier molecular flexibility index (Phi) is 65.5. The van der Waals surface area contributed by atoms with E-state index in [1.165, 1.54) is 451 Å². The molecule has 0 aromatic rings. The summed E-state index contributed by atoms with van der Waals surface area (Å²) in [5, 5.41) is 4.25. The van der Waals surface area contributed by atoms with Crippen LogP contribution >= 0.6 is 0 Å². The van der Waals surface area contributed by atoms with Crippen LogP contribution in [0.1, 0.15) is 401 Å². The number of rotatable bonds is 70. The molecule has 1 aliphatic heterocycles. The minimum absolute atomic E-state index is 0.621. The molecule has 1 aliphatic rings. The minimum atomic E-state index is 0.621. The lowest BCUT2D eigenvalue weighted by Gasteiger charge is -2.37. The maximum absolute atomic E-state index is 4.25. The molecule has 1 unspecified atom stereocenters. The zero-order chi connectivity index (χ0) is 58.1. The standard InChI is InChI=1S/C76H157N5/c1-6-11-16-21-26-31-36-39-42-47-52-57-63-77-76(75-81(66-60-55-50-45-40-37-32-27-22-17-12-7-2)67-61-56-51-46-41-38-33-28-23-18-13-8-3)62-68-79-70-73-80(74-71-79)72-69-78(64-58-53-48-43-34-29-24-19-14-9-4)65-59-54-49-44-35-30-25-20-15-10-5/h76-77H,6-75H2,1-5H3. The lowest BCUT2D eigenvalue weighted by molar-refractivity contribution is 0.112. The second-order valence-corrected chi connectivity index (χ2v) is 27.3. The van der Waals surface area contributed by atoms with Crippen LogP contribution in [0.3, 0.4) is 0 Å². The summed E-state index contributed by atoms with van der Waals surface area (Å²) < 4.78 is 0. The summed E-state index contributed by atoms with van der Waals surface area (Å²) in [7, 11) is 0. The second-order valence-electron chi connectivity index (χ2n) is 27.3. The highest BCUT2D eigenvalue weighted by molar-refractivity contribution is 4.79. The molecule has 5 nitrogen and oxygen atoms in total. The van der Waals surface area contributed by atoms with E-state index in [1.54, 1.807) is 0 Å².